The molecule has 0 bridgehead atoms. The maximum absolute atomic E-state index is 5.98. The van der Waals surface area contributed by atoms with Crippen LogP contribution in [0.3, 0.4) is 0 Å². The second-order valence-corrected chi connectivity index (χ2v) is 4.93. The molecule has 0 saturated carbocycles. The van der Waals surface area contributed by atoms with E-state index in [2.05, 4.69) is 5.32 Å². The number of aryl methyl sites for hydroxylation is 1. The summed E-state index contributed by atoms with van der Waals surface area (Å²) in [4.78, 5) is 0. The maximum Gasteiger partial charge on any atom is 0.163 e. The predicted molar refractivity (Wildman–Crippen MR) is 80.9 cm³/mol. The molecule has 1 aliphatic heterocycles. The Morgan fingerprint density at radius 3 is 2.65 bits per heavy atom. The molecule has 0 saturated heterocycles. The maximum atomic E-state index is 5.98. The van der Waals surface area contributed by atoms with E-state index in [1.807, 2.05) is 43.3 Å². The van der Waals surface area contributed by atoms with Crippen LogP contribution in [0.1, 0.15) is 12.0 Å². The van der Waals surface area contributed by atoms with Gasteiger partial charge in [0.25, 0.3) is 0 Å². The summed E-state index contributed by atoms with van der Waals surface area (Å²) in [7, 11) is 0. The minimum atomic E-state index is 0.684. The van der Waals surface area contributed by atoms with Crippen molar-refractivity contribution in [2.24, 2.45) is 0 Å². The molecular weight excluding hydrogens is 252 g/mol. The van der Waals surface area contributed by atoms with Crippen molar-refractivity contribution in [2.75, 3.05) is 24.3 Å². The molecule has 0 atom stereocenters. The number of benzene rings is 2. The molecule has 3 N–H and O–H groups in total. The molecule has 0 aliphatic carbocycles. The summed E-state index contributed by atoms with van der Waals surface area (Å²) in [6.45, 7) is 3.42. The van der Waals surface area contributed by atoms with Crippen LogP contribution >= 0.6 is 0 Å². The molecule has 0 amide bonds. The highest BCUT2D eigenvalue weighted by atomic mass is 16.5. The number of anilines is 3. The lowest BCUT2D eigenvalue weighted by atomic mass is 10.2. The molecule has 104 valence electrons. The molecule has 0 spiro atoms. The van der Waals surface area contributed by atoms with Gasteiger partial charge < -0.3 is 20.5 Å². The van der Waals surface area contributed by atoms with Gasteiger partial charge in [0.1, 0.15) is 0 Å². The Morgan fingerprint density at radius 2 is 1.80 bits per heavy atom. The number of nitrogens with two attached hydrogens (primary N) is 1. The average molecular weight is 270 g/mol. The summed E-state index contributed by atoms with van der Waals surface area (Å²) in [6, 6.07) is 11.8. The molecule has 3 rings (SSSR count). The number of fused-ring (bicyclic) bond motifs is 1. The van der Waals surface area contributed by atoms with E-state index in [9.17, 15) is 0 Å². The topological polar surface area (TPSA) is 56.5 Å². The highest BCUT2D eigenvalue weighted by Crippen LogP contribution is 2.34. The Kier molecular flexibility index (Phi) is 3.37. The fraction of sp³-hybridized carbons (Fsp3) is 0.250. The third-order valence-corrected chi connectivity index (χ3v) is 3.24. The van der Waals surface area contributed by atoms with Gasteiger partial charge in [-0.3, -0.25) is 0 Å². The molecular formula is C16H18N2O2. The average Bonchev–Trinajstić information content (AvgIpc) is 2.67. The van der Waals surface area contributed by atoms with Gasteiger partial charge in [0.05, 0.1) is 24.6 Å². The van der Waals surface area contributed by atoms with Crippen LogP contribution in [-0.4, -0.2) is 13.2 Å². The highest BCUT2D eigenvalue weighted by Gasteiger charge is 2.11. The van der Waals surface area contributed by atoms with Crippen molar-refractivity contribution in [3.63, 3.8) is 0 Å². The van der Waals surface area contributed by atoms with Crippen molar-refractivity contribution in [1.29, 1.82) is 0 Å². The van der Waals surface area contributed by atoms with Crippen molar-refractivity contribution < 1.29 is 9.47 Å². The van der Waals surface area contributed by atoms with Gasteiger partial charge in [0.15, 0.2) is 11.5 Å². The molecule has 0 unspecified atom stereocenters. The summed E-state index contributed by atoms with van der Waals surface area (Å²) >= 11 is 0. The van der Waals surface area contributed by atoms with Crippen molar-refractivity contribution in [2.45, 2.75) is 13.3 Å². The van der Waals surface area contributed by atoms with Gasteiger partial charge in [0.2, 0.25) is 0 Å². The van der Waals surface area contributed by atoms with Gasteiger partial charge >= 0.3 is 0 Å². The molecule has 4 nitrogen and oxygen atoms in total. The minimum Gasteiger partial charge on any atom is -0.490 e. The van der Waals surface area contributed by atoms with Gasteiger partial charge in [-0.15, -0.1) is 0 Å². The molecule has 20 heavy (non-hydrogen) atoms. The van der Waals surface area contributed by atoms with Gasteiger partial charge in [-0.25, -0.2) is 0 Å². The number of ether oxygens (including phenoxy) is 2. The first-order valence-electron chi connectivity index (χ1n) is 6.75. The number of rotatable bonds is 2. The fourth-order valence-electron chi connectivity index (χ4n) is 2.17. The van der Waals surface area contributed by atoms with E-state index in [0.29, 0.717) is 13.2 Å². The van der Waals surface area contributed by atoms with Crippen LogP contribution in [0.4, 0.5) is 17.1 Å². The highest BCUT2D eigenvalue weighted by molar-refractivity contribution is 5.74. The van der Waals surface area contributed by atoms with Crippen molar-refractivity contribution in [3.8, 4) is 11.5 Å². The van der Waals surface area contributed by atoms with Crippen molar-refractivity contribution >= 4 is 17.1 Å². The van der Waals surface area contributed by atoms with Gasteiger partial charge in [-0.1, -0.05) is 6.07 Å². The van der Waals surface area contributed by atoms with E-state index in [1.54, 1.807) is 0 Å². The largest absolute Gasteiger partial charge is 0.490 e. The summed E-state index contributed by atoms with van der Waals surface area (Å²) in [5.74, 6) is 1.57. The Morgan fingerprint density at radius 1 is 1.00 bits per heavy atom. The van der Waals surface area contributed by atoms with Crippen LogP contribution in [0.15, 0.2) is 36.4 Å². The van der Waals surface area contributed by atoms with E-state index in [0.717, 1.165) is 40.5 Å². The first-order valence-corrected chi connectivity index (χ1v) is 6.75. The normalized spacial score (nSPS) is 13.7. The predicted octanol–water partition coefficient (Wildman–Crippen LogP) is 3.48. The Balaban J connectivity index is 1.87. The van der Waals surface area contributed by atoms with Gasteiger partial charge in [-0.05, 0) is 36.8 Å². The molecule has 2 aromatic rings. The summed E-state index contributed by atoms with van der Waals surface area (Å²) in [5.41, 5.74) is 9.71. The van der Waals surface area contributed by atoms with Crippen molar-refractivity contribution in [1.82, 2.24) is 0 Å². The third-order valence-electron chi connectivity index (χ3n) is 3.24. The minimum absolute atomic E-state index is 0.684. The first kappa shape index (κ1) is 12.7. The monoisotopic (exact) mass is 270 g/mol. The van der Waals surface area contributed by atoms with Gasteiger partial charge in [0, 0.05) is 18.2 Å². The zero-order valence-corrected chi connectivity index (χ0v) is 11.5. The third kappa shape index (κ3) is 2.64. The van der Waals surface area contributed by atoms with Crippen LogP contribution in [0.5, 0.6) is 11.5 Å². The van der Waals surface area contributed by atoms with E-state index in [1.165, 1.54) is 0 Å². The Hall–Kier alpha value is -2.36. The zero-order valence-electron chi connectivity index (χ0n) is 11.5. The molecule has 0 fully saturated rings. The van der Waals surface area contributed by atoms with E-state index in [4.69, 9.17) is 15.2 Å². The number of nitrogens with one attached hydrogen (secondary N) is 1. The van der Waals surface area contributed by atoms with Crippen molar-refractivity contribution in [3.05, 3.63) is 42.0 Å². The number of hydrogen-bond donors (Lipinski definition) is 2. The second-order valence-electron chi connectivity index (χ2n) is 4.93. The number of nitrogen functional groups attached to an aromatic ring is 1. The van der Waals surface area contributed by atoms with Crippen LogP contribution < -0.4 is 20.5 Å². The smallest absolute Gasteiger partial charge is 0.163 e. The Labute approximate surface area is 118 Å². The Bertz CT molecular complexity index is 626. The van der Waals surface area contributed by atoms with Crippen LogP contribution in [-0.2, 0) is 0 Å². The quantitative estimate of drug-likeness (QED) is 0.820. The lowest BCUT2D eigenvalue weighted by Crippen LogP contribution is -1.98. The van der Waals surface area contributed by atoms with Crippen LogP contribution in [0, 0.1) is 6.92 Å². The second kappa shape index (κ2) is 5.33. The van der Waals surface area contributed by atoms with E-state index < -0.39 is 0 Å². The molecule has 0 aromatic heterocycles. The van der Waals surface area contributed by atoms with Gasteiger partial charge in [-0.2, -0.15) is 0 Å². The van der Waals surface area contributed by atoms with Crippen LogP contribution in [0.2, 0.25) is 0 Å². The first-order chi connectivity index (χ1) is 9.72. The molecule has 1 heterocycles. The zero-order chi connectivity index (χ0) is 13.9. The van der Waals surface area contributed by atoms with Crippen LogP contribution in [0.25, 0.3) is 0 Å². The summed E-state index contributed by atoms with van der Waals surface area (Å²) in [5, 5.41) is 3.32. The lowest BCUT2D eigenvalue weighted by Gasteiger charge is -2.13. The standard InChI is InChI=1S/C16H18N2O2/c1-11-3-5-13(17)14(9-11)18-12-4-6-15-16(10-12)20-8-2-7-19-15/h3-6,9-10,18H,2,7-8,17H2,1H3. The van der Waals surface area contributed by atoms with E-state index in [-0.39, 0.29) is 0 Å². The SMILES string of the molecule is Cc1ccc(N)c(Nc2ccc3c(c2)OCCCO3)c1. The van der Waals surface area contributed by atoms with E-state index >= 15 is 0 Å². The lowest BCUT2D eigenvalue weighted by molar-refractivity contribution is 0.297. The molecule has 4 heteroatoms. The summed E-state index contributed by atoms with van der Waals surface area (Å²) in [6.07, 6.45) is 0.905. The molecule has 1 aliphatic rings. The number of hydrogen-bond acceptors (Lipinski definition) is 4. The fourth-order valence-corrected chi connectivity index (χ4v) is 2.17. The molecule has 0 radical (unpaired) electrons. The summed E-state index contributed by atoms with van der Waals surface area (Å²) < 4.78 is 11.3. The molecule has 2 aromatic carbocycles.